The molecule has 0 unspecified atom stereocenters. The smallest absolute Gasteiger partial charge is 0 e. The van der Waals surface area contributed by atoms with Gasteiger partial charge in [0.2, 0.25) is 0 Å². The Hall–Kier alpha value is 0.483. The topological polar surface area (TPSA) is 0 Å². The van der Waals surface area contributed by atoms with E-state index in [0.29, 0.717) is 0 Å². The van der Waals surface area contributed by atoms with Gasteiger partial charge < -0.3 is 0 Å². The maximum atomic E-state index is 5.60. The first-order valence-corrected chi connectivity index (χ1v) is 2.74. The Morgan fingerprint density at radius 2 is 1.90 bits per heavy atom. The van der Waals surface area contributed by atoms with Crippen molar-refractivity contribution in [3.8, 4) is 0 Å². The van der Waals surface area contributed by atoms with E-state index in [9.17, 15) is 0 Å². The number of rotatable bonds is 0. The molecule has 0 aliphatic rings. The van der Waals surface area contributed by atoms with Gasteiger partial charge in [0.15, 0.2) is 0 Å². The van der Waals surface area contributed by atoms with E-state index in [0.717, 1.165) is 10.6 Å². The zero-order valence-corrected chi connectivity index (χ0v) is 10.9. The molecule has 0 spiro atoms. The molecule has 3 heteroatoms. The quantitative estimate of drug-likeness (QED) is 0.503. The Morgan fingerprint density at radius 1 is 1.30 bits per heavy atom. The molecule has 0 radical (unpaired) electrons. The van der Waals surface area contributed by atoms with Crippen molar-refractivity contribution in [2.24, 2.45) is 0 Å². The van der Waals surface area contributed by atoms with Crippen LogP contribution in [-0.4, -0.2) is 0 Å². The van der Waals surface area contributed by atoms with Gasteiger partial charge in [-0.2, -0.15) is 18.6 Å². The minimum atomic E-state index is 0. The summed E-state index contributed by atoms with van der Waals surface area (Å²) < 4.78 is 0. The zero-order valence-electron chi connectivity index (χ0n) is 5.51. The first-order valence-electron chi connectivity index (χ1n) is 2.36. The molecule has 0 fully saturated rings. The Labute approximate surface area is 89.5 Å². The molecule has 0 heterocycles. The second kappa shape index (κ2) is 6.21. The van der Waals surface area contributed by atoms with E-state index in [-0.39, 0.29) is 36.5 Å². The third-order valence-electron chi connectivity index (χ3n) is 0.889. The van der Waals surface area contributed by atoms with Gasteiger partial charge in [-0.15, -0.1) is 29.1 Å². The predicted molar refractivity (Wildman–Crippen MR) is 46.2 cm³/mol. The van der Waals surface area contributed by atoms with Gasteiger partial charge in [0.25, 0.3) is 0 Å². The molecule has 0 N–H and O–H groups in total. The molecule has 0 saturated carbocycles. The molecule has 0 atom stereocenters. The maximum absolute atomic E-state index is 5.60. The fourth-order valence-corrected chi connectivity index (χ4v) is 0.750. The van der Waals surface area contributed by atoms with Crippen molar-refractivity contribution in [3.05, 3.63) is 41.8 Å². The summed E-state index contributed by atoms with van der Waals surface area (Å²) in [5.74, 6) is 0. The van der Waals surface area contributed by atoms with Gasteiger partial charge in [-0.1, -0.05) is 17.7 Å². The van der Waals surface area contributed by atoms with Crippen molar-refractivity contribution in [3.63, 3.8) is 0 Å². The molecule has 0 saturated heterocycles. The van der Waals surface area contributed by atoms with Crippen molar-refractivity contribution in [2.75, 3.05) is 0 Å². The Bertz CT molecular complexity index is 173. The van der Waals surface area contributed by atoms with E-state index in [1.807, 2.05) is 24.3 Å². The number of hydrogen-bond acceptors (Lipinski definition) is 0. The van der Waals surface area contributed by atoms with Crippen molar-refractivity contribution in [1.82, 2.24) is 0 Å². The van der Waals surface area contributed by atoms with Crippen LogP contribution in [0.2, 0.25) is 5.02 Å². The Morgan fingerprint density at radius 3 is 2.20 bits per heavy atom. The van der Waals surface area contributed by atoms with E-state index < -0.39 is 0 Å². The van der Waals surface area contributed by atoms with E-state index in [1.54, 1.807) is 0 Å². The molecular weight excluding hydrogens is 265 g/mol. The van der Waals surface area contributed by atoms with E-state index in [2.05, 4.69) is 6.92 Å². The fourth-order valence-electron chi connectivity index (χ4n) is 0.537. The molecular formula is C7H7BrClZn-. The number of benzene rings is 1. The second-order valence-electron chi connectivity index (χ2n) is 1.63. The van der Waals surface area contributed by atoms with Gasteiger partial charge >= 0.3 is 0 Å². The average Bonchev–Trinajstić information content (AvgIpc) is 1.64. The van der Waals surface area contributed by atoms with Crippen LogP contribution in [-0.2, 0) is 19.5 Å². The normalized spacial score (nSPS) is 7.30. The summed E-state index contributed by atoms with van der Waals surface area (Å²) in [4.78, 5) is 0. The summed E-state index contributed by atoms with van der Waals surface area (Å²) in [5, 5.41) is 0.748. The van der Waals surface area contributed by atoms with Crippen LogP contribution in [0.5, 0.6) is 0 Å². The van der Waals surface area contributed by atoms with E-state index in [1.165, 1.54) is 0 Å². The molecule has 0 bridgehead atoms. The molecule has 1 aromatic carbocycles. The molecule has 10 heavy (non-hydrogen) atoms. The first-order chi connectivity index (χ1) is 3.79. The van der Waals surface area contributed by atoms with Gasteiger partial charge in [-0.25, -0.2) is 0 Å². The summed E-state index contributed by atoms with van der Waals surface area (Å²) in [7, 11) is 0. The first kappa shape index (κ1) is 13.1. The van der Waals surface area contributed by atoms with Crippen molar-refractivity contribution >= 4 is 28.6 Å². The van der Waals surface area contributed by atoms with Gasteiger partial charge in [0.05, 0.1) is 0 Å². The predicted octanol–water partition coefficient (Wildman–Crippen LogP) is 3.10. The third-order valence-corrected chi connectivity index (χ3v) is 1.12. The molecule has 1 aromatic rings. The Balaban J connectivity index is 0. The van der Waals surface area contributed by atoms with Gasteiger partial charge in [-0.3, -0.25) is 0 Å². The van der Waals surface area contributed by atoms with Crippen LogP contribution in [0.15, 0.2) is 24.3 Å². The van der Waals surface area contributed by atoms with Gasteiger partial charge in [0, 0.05) is 19.5 Å². The molecule has 0 amide bonds. The van der Waals surface area contributed by atoms with Crippen molar-refractivity contribution in [2.45, 2.75) is 0 Å². The van der Waals surface area contributed by atoms with Gasteiger partial charge in [-0.05, 0) is 5.02 Å². The van der Waals surface area contributed by atoms with Crippen LogP contribution < -0.4 is 0 Å². The summed E-state index contributed by atoms with van der Waals surface area (Å²) in [6, 6.07) is 7.44. The van der Waals surface area contributed by atoms with Crippen LogP contribution in [0.1, 0.15) is 5.56 Å². The molecule has 0 aliphatic carbocycles. The molecule has 0 aliphatic heterocycles. The van der Waals surface area contributed by atoms with Gasteiger partial charge in [0.1, 0.15) is 0 Å². The monoisotopic (exact) mass is 269 g/mol. The SMILES string of the molecule is Br.[CH2-]c1cccc(Cl)c1.[Zn]. The third kappa shape index (κ3) is 4.32. The minimum Gasteiger partial charge on any atom is -0.199 e. The summed E-state index contributed by atoms with van der Waals surface area (Å²) in [5.41, 5.74) is 0.956. The van der Waals surface area contributed by atoms with Crippen LogP contribution in [0, 0.1) is 6.92 Å². The van der Waals surface area contributed by atoms with Crippen LogP contribution in [0.4, 0.5) is 0 Å². The van der Waals surface area contributed by atoms with Crippen molar-refractivity contribution < 1.29 is 19.5 Å². The number of hydrogen-bond donors (Lipinski definition) is 0. The molecule has 0 nitrogen and oxygen atoms in total. The number of halogens is 2. The minimum absolute atomic E-state index is 0. The van der Waals surface area contributed by atoms with E-state index >= 15 is 0 Å². The maximum Gasteiger partial charge on any atom is 0 e. The van der Waals surface area contributed by atoms with Crippen molar-refractivity contribution in [1.29, 1.82) is 0 Å². The summed E-state index contributed by atoms with van der Waals surface area (Å²) in [6.45, 7) is 3.70. The fraction of sp³-hybridized carbons (Fsp3) is 0. The van der Waals surface area contributed by atoms with Crippen LogP contribution in [0.3, 0.4) is 0 Å². The van der Waals surface area contributed by atoms with Crippen LogP contribution in [0.25, 0.3) is 0 Å². The molecule has 0 aromatic heterocycles. The summed E-state index contributed by atoms with van der Waals surface area (Å²) in [6.07, 6.45) is 0. The average molecular weight is 272 g/mol. The molecule has 1 rings (SSSR count). The van der Waals surface area contributed by atoms with Crippen LogP contribution >= 0.6 is 28.6 Å². The zero-order chi connectivity index (χ0) is 5.98. The standard InChI is InChI=1S/C7H6Cl.BrH.Zn/c1-6-3-2-4-7(8)5-6;;/h2-5H,1H2;1H;/q-1;;. The summed E-state index contributed by atoms with van der Waals surface area (Å²) >= 11 is 5.60. The Kier molecular flexibility index (Phi) is 8.14. The largest absolute Gasteiger partial charge is 0.199 e. The second-order valence-corrected chi connectivity index (χ2v) is 2.07. The molecule has 52 valence electrons. The van der Waals surface area contributed by atoms with E-state index in [4.69, 9.17) is 11.6 Å².